The van der Waals surface area contributed by atoms with Crippen molar-refractivity contribution < 1.29 is 14.4 Å². The summed E-state index contributed by atoms with van der Waals surface area (Å²) in [5.74, 6) is 1.27. The molecule has 1 aliphatic heterocycles. The molecule has 1 unspecified atom stereocenters. The summed E-state index contributed by atoms with van der Waals surface area (Å²) in [6.07, 6.45) is 7.05. The Labute approximate surface area is 196 Å². The highest BCUT2D eigenvalue weighted by molar-refractivity contribution is 5.97. The molecule has 1 N–H and O–H groups in total. The Morgan fingerprint density at radius 3 is 2.74 bits per heavy atom. The highest BCUT2D eigenvalue weighted by atomic mass is 16.7. The van der Waals surface area contributed by atoms with Gasteiger partial charge in [0.2, 0.25) is 0 Å². The molecule has 1 amide bonds. The third-order valence-corrected chi connectivity index (χ3v) is 5.42. The van der Waals surface area contributed by atoms with Gasteiger partial charge in [0.15, 0.2) is 6.10 Å². The van der Waals surface area contributed by atoms with Gasteiger partial charge in [0.25, 0.3) is 5.91 Å². The fourth-order valence-corrected chi connectivity index (χ4v) is 3.66. The summed E-state index contributed by atoms with van der Waals surface area (Å²) in [6, 6.07) is 21.5. The van der Waals surface area contributed by atoms with Crippen LogP contribution in [0.4, 0.5) is 0 Å². The number of nitrogens with one attached hydrogen (secondary N) is 1. The van der Waals surface area contributed by atoms with Crippen LogP contribution in [0.3, 0.4) is 0 Å². The molecule has 3 heterocycles. The Balaban J connectivity index is 1.11. The van der Waals surface area contributed by atoms with E-state index in [1.807, 2.05) is 42.5 Å². The summed E-state index contributed by atoms with van der Waals surface area (Å²) in [7, 11) is 0. The summed E-state index contributed by atoms with van der Waals surface area (Å²) < 4.78 is 7.83. The number of pyridine rings is 1. The number of imidazole rings is 1. The molecule has 34 heavy (non-hydrogen) atoms. The van der Waals surface area contributed by atoms with E-state index in [9.17, 15) is 4.79 Å². The zero-order valence-corrected chi connectivity index (χ0v) is 18.4. The van der Waals surface area contributed by atoms with Crippen molar-refractivity contribution in [3.05, 3.63) is 97.2 Å². The molecule has 0 bridgehead atoms. The predicted octanol–water partition coefficient (Wildman–Crippen LogP) is 3.89. The van der Waals surface area contributed by atoms with Crippen LogP contribution < -0.4 is 10.1 Å². The number of carbonyl (C=O) groups excluding carboxylic acids is 1. The maximum absolute atomic E-state index is 12.5. The van der Waals surface area contributed by atoms with E-state index in [2.05, 4.69) is 32.6 Å². The monoisotopic (exact) mass is 453 g/mol. The number of amides is 1. The van der Waals surface area contributed by atoms with E-state index in [1.54, 1.807) is 41.6 Å². The number of hydrogen-bond donors (Lipinski definition) is 1. The number of ether oxygens (including phenoxy) is 1. The standard InChI is InChI=1S/C26H23N5O3/c32-26(20-10-11-25(28-15-20)31-13-12-27-18-31)29-16-21-14-22(34-30-21)17-33-24-9-5-4-8-23(24)19-6-2-1-3-7-19/h1-13,15,18,22H,14,16-17H2,(H,29,32). The SMILES string of the molecule is O=C(NCC1=NOC(COc2ccccc2-c2ccccc2)C1)c1ccc(-n2ccnc2)nc1. The second-order valence-corrected chi connectivity index (χ2v) is 7.82. The van der Waals surface area contributed by atoms with Gasteiger partial charge in [0.05, 0.1) is 17.8 Å². The van der Waals surface area contributed by atoms with Gasteiger partial charge < -0.3 is 14.9 Å². The van der Waals surface area contributed by atoms with Crippen LogP contribution in [-0.2, 0) is 4.84 Å². The third kappa shape index (κ3) is 4.96. The molecule has 2 aromatic heterocycles. The molecule has 0 aliphatic carbocycles. The van der Waals surface area contributed by atoms with Crippen molar-refractivity contribution in [1.29, 1.82) is 0 Å². The topological polar surface area (TPSA) is 90.6 Å². The molecule has 8 heteroatoms. The lowest BCUT2D eigenvalue weighted by molar-refractivity contribution is 0.0472. The maximum Gasteiger partial charge on any atom is 0.253 e. The Morgan fingerprint density at radius 2 is 1.94 bits per heavy atom. The average Bonchev–Trinajstić information content (AvgIpc) is 3.60. The number of oxime groups is 1. The van der Waals surface area contributed by atoms with Crippen LogP contribution in [0.1, 0.15) is 16.8 Å². The molecule has 1 atom stereocenters. The van der Waals surface area contributed by atoms with Crippen LogP contribution in [0.2, 0.25) is 0 Å². The average molecular weight is 454 g/mol. The molecule has 8 nitrogen and oxygen atoms in total. The Morgan fingerprint density at radius 1 is 1.09 bits per heavy atom. The molecule has 0 fully saturated rings. The van der Waals surface area contributed by atoms with Crippen molar-refractivity contribution in [3.63, 3.8) is 0 Å². The summed E-state index contributed by atoms with van der Waals surface area (Å²) in [6.45, 7) is 0.670. The van der Waals surface area contributed by atoms with Crippen LogP contribution in [-0.4, -0.2) is 45.4 Å². The van der Waals surface area contributed by atoms with E-state index in [1.165, 1.54) is 0 Å². The molecular weight excluding hydrogens is 430 g/mol. The number of nitrogens with zero attached hydrogens (tertiary/aromatic N) is 4. The first kappa shape index (κ1) is 21.4. The van der Waals surface area contributed by atoms with E-state index in [0.717, 1.165) is 22.6 Å². The zero-order chi connectivity index (χ0) is 23.2. The van der Waals surface area contributed by atoms with Gasteiger partial charge >= 0.3 is 0 Å². The minimum Gasteiger partial charge on any atom is -0.489 e. The summed E-state index contributed by atoms with van der Waals surface area (Å²) >= 11 is 0. The lowest BCUT2D eigenvalue weighted by Gasteiger charge is -2.14. The fourth-order valence-electron chi connectivity index (χ4n) is 3.66. The zero-order valence-electron chi connectivity index (χ0n) is 18.4. The minimum atomic E-state index is -0.219. The van der Waals surface area contributed by atoms with Crippen molar-refractivity contribution in [1.82, 2.24) is 19.9 Å². The van der Waals surface area contributed by atoms with Gasteiger partial charge in [0, 0.05) is 30.6 Å². The van der Waals surface area contributed by atoms with Crippen LogP contribution >= 0.6 is 0 Å². The molecule has 1 aliphatic rings. The van der Waals surface area contributed by atoms with E-state index in [0.29, 0.717) is 31.0 Å². The van der Waals surface area contributed by atoms with Crippen LogP contribution in [0, 0.1) is 0 Å². The summed E-state index contributed by atoms with van der Waals surface area (Å²) in [5, 5.41) is 6.99. The lowest BCUT2D eigenvalue weighted by atomic mass is 10.0. The van der Waals surface area contributed by atoms with Gasteiger partial charge in [-0.3, -0.25) is 9.36 Å². The number of aromatic nitrogens is 3. The van der Waals surface area contributed by atoms with Gasteiger partial charge in [-0.05, 0) is 23.8 Å². The third-order valence-electron chi connectivity index (χ3n) is 5.42. The molecule has 0 radical (unpaired) electrons. The maximum atomic E-state index is 12.5. The van der Waals surface area contributed by atoms with Gasteiger partial charge in [-0.2, -0.15) is 0 Å². The van der Waals surface area contributed by atoms with Crippen LogP contribution in [0.25, 0.3) is 16.9 Å². The lowest BCUT2D eigenvalue weighted by Crippen LogP contribution is -2.30. The van der Waals surface area contributed by atoms with E-state index in [4.69, 9.17) is 9.57 Å². The molecule has 170 valence electrons. The number of hydrogen-bond acceptors (Lipinski definition) is 6. The number of benzene rings is 2. The molecule has 2 aromatic carbocycles. The van der Waals surface area contributed by atoms with Gasteiger partial charge in [0.1, 0.15) is 24.5 Å². The first-order chi connectivity index (χ1) is 16.8. The van der Waals surface area contributed by atoms with Gasteiger partial charge in [-0.1, -0.05) is 53.7 Å². The fraction of sp³-hybridized carbons (Fsp3) is 0.154. The Kier molecular flexibility index (Phi) is 6.29. The largest absolute Gasteiger partial charge is 0.489 e. The summed E-state index contributed by atoms with van der Waals surface area (Å²) in [4.78, 5) is 26.3. The number of carbonyl (C=O) groups is 1. The highest BCUT2D eigenvalue weighted by Gasteiger charge is 2.23. The van der Waals surface area contributed by atoms with E-state index >= 15 is 0 Å². The van der Waals surface area contributed by atoms with Crippen LogP contribution in [0.5, 0.6) is 5.75 Å². The smallest absolute Gasteiger partial charge is 0.253 e. The van der Waals surface area contributed by atoms with Crippen molar-refractivity contribution in [2.24, 2.45) is 5.16 Å². The second kappa shape index (κ2) is 9.99. The Bertz CT molecular complexity index is 1270. The molecule has 4 aromatic rings. The molecule has 0 saturated heterocycles. The molecule has 5 rings (SSSR count). The predicted molar refractivity (Wildman–Crippen MR) is 128 cm³/mol. The quantitative estimate of drug-likeness (QED) is 0.437. The minimum absolute atomic E-state index is 0.202. The van der Waals surface area contributed by atoms with E-state index < -0.39 is 0 Å². The number of rotatable bonds is 8. The summed E-state index contributed by atoms with van der Waals surface area (Å²) in [5.41, 5.74) is 3.36. The first-order valence-electron chi connectivity index (χ1n) is 11.0. The van der Waals surface area contributed by atoms with E-state index in [-0.39, 0.29) is 12.0 Å². The van der Waals surface area contributed by atoms with Crippen molar-refractivity contribution in [3.8, 4) is 22.7 Å². The highest BCUT2D eigenvalue weighted by Crippen LogP contribution is 2.30. The number of para-hydroxylation sites is 1. The van der Waals surface area contributed by atoms with Crippen molar-refractivity contribution >= 4 is 11.6 Å². The molecule has 0 spiro atoms. The van der Waals surface area contributed by atoms with Gasteiger partial charge in [-0.25, -0.2) is 9.97 Å². The van der Waals surface area contributed by atoms with Crippen molar-refractivity contribution in [2.75, 3.05) is 13.2 Å². The van der Waals surface area contributed by atoms with Crippen molar-refractivity contribution in [2.45, 2.75) is 12.5 Å². The Hall–Kier alpha value is -4.46. The van der Waals surface area contributed by atoms with Crippen LogP contribution in [0.15, 0.2) is 96.8 Å². The molecule has 0 saturated carbocycles. The first-order valence-corrected chi connectivity index (χ1v) is 11.0. The molecular formula is C26H23N5O3. The second-order valence-electron chi connectivity index (χ2n) is 7.82. The normalized spacial score (nSPS) is 14.8. The van der Waals surface area contributed by atoms with Gasteiger partial charge in [-0.15, -0.1) is 0 Å².